The van der Waals surface area contributed by atoms with Gasteiger partial charge in [-0.2, -0.15) is 5.26 Å². The number of hydrogen-bond acceptors (Lipinski definition) is 2. The van der Waals surface area contributed by atoms with Crippen LogP contribution in [0.4, 0.5) is 4.39 Å². The molecule has 1 aliphatic rings. The molecule has 0 bridgehead atoms. The number of benzene rings is 2. The minimum atomic E-state index is -0.294. The Morgan fingerprint density at radius 3 is 2.32 bits per heavy atom. The molecule has 0 atom stereocenters. The molecule has 25 heavy (non-hydrogen) atoms. The van der Waals surface area contributed by atoms with Crippen LogP contribution in [0.15, 0.2) is 60.2 Å². The van der Waals surface area contributed by atoms with Crippen molar-refractivity contribution in [1.29, 1.82) is 5.26 Å². The Kier molecular flexibility index (Phi) is 7.37. The molecular weight excluding hydrogens is 311 g/mol. The molecule has 0 aliphatic carbocycles. The normalized spacial score (nSPS) is 14.2. The Bertz CT molecular complexity index is 734. The molecule has 0 radical (unpaired) electrons. The fraction of sp³-hybridized carbons (Fsp3) is 0.318. The molecule has 1 heterocycles. The predicted octanol–water partition coefficient (Wildman–Crippen LogP) is 5.43. The number of rotatable bonds is 3. The van der Waals surface area contributed by atoms with Crippen LogP contribution in [-0.4, -0.2) is 18.0 Å². The fourth-order valence-electron chi connectivity index (χ4n) is 3.06. The first-order valence-corrected chi connectivity index (χ1v) is 8.90. The summed E-state index contributed by atoms with van der Waals surface area (Å²) in [6.07, 6.45) is 1.73. The zero-order valence-corrected chi connectivity index (χ0v) is 15.0. The third-order valence-corrected chi connectivity index (χ3v) is 4.29. The second-order valence-corrected chi connectivity index (χ2v) is 5.86. The molecule has 0 N–H and O–H groups in total. The molecule has 0 spiro atoms. The molecule has 1 saturated heterocycles. The van der Waals surface area contributed by atoms with E-state index in [1.165, 1.54) is 17.7 Å². The van der Waals surface area contributed by atoms with Crippen LogP contribution < -0.4 is 0 Å². The minimum absolute atomic E-state index is 0.294. The van der Waals surface area contributed by atoms with E-state index < -0.39 is 0 Å². The maximum atomic E-state index is 13.4. The van der Waals surface area contributed by atoms with Crippen molar-refractivity contribution in [1.82, 2.24) is 4.90 Å². The second kappa shape index (κ2) is 9.76. The Balaban J connectivity index is 0.00000109. The standard InChI is InChI=1S/C20H19FN2.C2H6/c21-19-8-4-7-18(13-19)20(14-22)17-9-11-23(12-10-17)15-16-5-2-1-3-6-16;1-2/h1-8,13H,9-12,15H2;1-2H3. The number of allylic oxidation sites excluding steroid dienone is 1. The van der Waals surface area contributed by atoms with E-state index in [-0.39, 0.29) is 5.82 Å². The molecular formula is C22H25FN2. The summed E-state index contributed by atoms with van der Waals surface area (Å²) in [4.78, 5) is 2.40. The third-order valence-electron chi connectivity index (χ3n) is 4.29. The van der Waals surface area contributed by atoms with E-state index >= 15 is 0 Å². The van der Waals surface area contributed by atoms with Gasteiger partial charge in [-0.3, -0.25) is 4.90 Å². The topological polar surface area (TPSA) is 27.0 Å². The highest BCUT2D eigenvalue weighted by Gasteiger charge is 2.18. The van der Waals surface area contributed by atoms with Crippen molar-refractivity contribution < 1.29 is 4.39 Å². The van der Waals surface area contributed by atoms with Gasteiger partial charge in [0, 0.05) is 19.6 Å². The van der Waals surface area contributed by atoms with E-state index in [9.17, 15) is 9.65 Å². The van der Waals surface area contributed by atoms with E-state index in [1.807, 2.05) is 26.0 Å². The van der Waals surface area contributed by atoms with Gasteiger partial charge in [0.05, 0.1) is 11.6 Å². The van der Waals surface area contributed by atoms with Crippen molar-refractivity contribution in [2.24, 2.45) is 0 Å². The first-order valence-electron chi connectivity index (χ1n) is 8.90. The summed E-state index contributed by atoms with van der Waals surface area (Å²) in [6.45, 7) is 6.81. The van der Waals surface area contributed by atoms with Gasteiger partial charge in [-0.1, -0.05) is 56.3 Å². The molecule has 2 nitrogen and oxygen atoms in total. The molecule has 1 fully saturated rings. The van der Waals surface area contributed by atoms with Crippen molar-refractivity contribution in [3.63, 3.8) is 0 Å². The first-order chi connectivity index (χ1) is 12.3. The molecule has 130 valence electrons. The number of likely N-dealkylation sites (tertiary alicyclic amines) is 1. The minimum Gasteiger partial charge on any atom is -0.298 e. The maximum absolute atomic E-state index is 13.4. The monoisotopic (exact) mass is 336 g/mol. The third kappa shape index (κ3) is 5.27. The van der Waals surface area contributed by atoms with Crippen LogP contribution >= 0.6 is 0 Å². The number of halogens is 1. The summed E-state index contributed by atoms with van der Waals surface area (Å²) >= 11 is 0. The van der Waals surface area contributed by atoms with E-state index in [0.717, 1.165) is 38.0 Å². The van der Waals surface area contributed by atoms with Crippen molar-refractivity contribution in [2.45, 2.75) is 33.2 Å². The summed E-state index contributed by atoms with van der Waals surface area (Å²) in [6, 6.07) is 19.0. The van der Waals surface area contributed by atoms with Gasteiger partial charge in [-0.15, -0.1) is 0 Å². The lowest BCUT2D eigenvalue weighted by Gasteiger charge is -2.29. The molecule has 0 saturated carbocycles. The van der Waals surface area contributed by atoms with Gasteiger partial charge < -0.3 is 0 Å². The number of piperidine rings is 1. The van der Waals surface area contributed by atoms with Crippen molar-refractivity contribution in [3.8, 4) is 6.07 Å². The molecule has 2 aromatic carbocycles. The predicted molar refractivity (Wildman–Crippen MR) is 101 cm³/mol. The van der Waals surface area contributed by atoms with E-state index in [2.05, 4.69) is 35.2 Å². The smallest absolute Gasteiger partial charge is 0.123 e. The summed E-state index contributed by atoms with van der Waals surface area (Å²) in [5.41, 5.74) is 3.79. The Hall–Kier alpha value is -2.44. The van der Waals surface area contributed by atoms with Crippen LogP contribution in [0.5, 0.6) is 0 Å². The Labute approximate surface area is 150 Å². The first kappa shape index (κ1) is 18.9. The van der Waals surface area contributed by atoms with Crippen molar-refractivity contribution >= 4 is 5.57 Å². The van der Waals surface area contributed by atoms with Crippen molar-refractivity contribution in [2.75, 3.05) is 13.1 Å². The molecule has 0 amide bonds. The Morgan fingerprint density at radius 2 is 1.72 bits per heavy atom. The number of nitriles is 1. The molecule has 3 rings (SSSR count). The second-order valence-electron chi connectivity index (χ2n) is 5.86. The SMILES string of the molecule is CC.N#CC(=C1CCN(Cc2ccccc2)CC1)c1cccc(F)c1. The molecule has 3 heteroatoms. The highest BCUT2D eigenvalue weighted by atomic mass is 19.1. The quantitative estimate of drug-likeness (QED) is 0.699. The van der Waals surface area contributed by atoms with E-state index in [4.69, 9.17) is 0 Å². The van der Waals surface area contributed by atoms with Gasteiger partial charge in [0.15, 0.2) is 0 Å². The highest BCUT2D eigenvalue weighted by molar-refractivity contribution is 5.79. The van der Waals surface area contributed by atoms with Crippen LogP contribution in [0.1, 0.15) is 37.8 Å². The van der Waals surface area contributed by atoms with Crippen LogP contribution in [0.3, 0.4) is 0 Å². The summed E-state index contributed by atoms with van der Waals surface area (Å²) in [5.74, 6) is -0.294. The Morgan fingerprint density at radius 1 is 1.04 bits per heavy atom. The van der Waals surface area contributed by atoms with E-state index in [1.54, 1.807) is 6.07 Å². The lowest BCUT2D eigenvalue weighted by atomic mass is 9.93. The summed E-state index contributed by atoms with van der Waals surface area (Å²) in [5, 5.41) is 9.48. The van der Waals surface area contributed by atoms with Gasteiger partial charge in [-0.05, 0) is 41.7 Å². The van der Waals surface area contributed by atoms with Gasteiger partial charge in [0.1, 0.15) is 5.82 Å². The lowest BCUT2D eigenvalue weighted by Crippen LogP contribution is -2.30. The average molecular weight is 336 g/mol. The van der Waals surface area contributed by atoms with Gasteiger partial charge in [-0.25, -0.2) is 4.39 Å². The van der Waals surface area contributed by atoms with Gasteiger partial charge in [0.25, 0.3) is 0 Å². The fourth-order valence-corrected chi connectivity index (χ4v) is 3.06. The zero-order valence-electron chi connectivity index (χ0n) is 15.0. The zero-order chi connectivity index (χ0) is 18.1. The number of hydrogen-bond donors (Lipinski definition) is 0. The molecule has 0 aromatic heterocycles. The molecule has 1 aliphatic heterocycles. The number of nitrogens with zero attached hydrogens (tertiary/aromatic N) is 2. The van der Waals surface area contributed by atoms with Crippen LogP contribution in [0.25, 0.3) is 5.57 Å². The summed E-state index contributed by atoms with van der Waals surface area (Å²) in [7, 11) is 0. The van der Waals surface area contributed by atoms with Crippen LogP contribution in [0.2, 0.25) is 0 Å². The molecule has 2 aromatic rings. The maximum Gasteiger partial charge on any atom is 0.123 e. The lowest BCUT2D eigenvalue weighted by molar-refractivity contribution is 0.249. The van der Waals surface area contributed by atoms with Crippen LogP contribution in [0, 0.1) is 17.1 Å². The van der Waals surface area contributed by atoms with E-state index in [0.29, 0.717) is 11.1 Å². The van der Waals surface area contributed by atoms with Gasteiger partial charge >= 0.3 is 0 Å². The van der Waals surface area contributed by atoms with Gasteiger partial charge in [0.2, 0.25) is 0 Å². The van der Waals surface area contributed by atoms with Crippen LogP contribution in [-0.2, 0) is 6.54 Å². The molecule has 0 unspecified atom stereocenters. The van der Waals surface area contributed by atoms with Crippen molar-refractivity contribution in [3.05, 3.63) is 77.1 Å². The highest BCUT2D eigenvalue weighted by Crippen LogP contribution is 2.27. The average Bonchev–Trinajstić information content (AvgIpc) is 2.66. The largest absolute Gasteiger partial charge is 0.298 e. The summed E-state index contributed by atoms with van der Waals surface area (Å²) < 4.78 is 13.4.